The number of hydroxylamine groups is 2. The zero-order valence-corrected chi connectivity index (χ0v) is 12.6. The normalized spacial score (nSPS) is 16.4. The van der Waals surface area contributed by atoms with Gasteiger partial charge < -0.3 is 9.57 Å². The fraction of sp³-hybridized carbons (Fsp3) is 0.353. The summed E-state index contributed by atoms with van der Waals surface area (Å²) in [5.74, 6) is 1.78. The van der Waals surface area contributed by atoms with Crippen molar-refractivity contribution in [3.63, 3.8) is 0 Å². The van der Waals surface area contributed by atoms with Crippen molar-refractivity contribution in [2.24, 2.45) is 0 Å². The fourth-order valence-corrected chi connectivity index (χ4v) is 2.76. The minimum absolute atomic E-state index is 0.1000. The van der Waals surface area contributed by atoms with Gasteiger partial charge in [-0.1, -0.05) is 6.07 Å². The summed E-state index contributed by atoms with van der Waals surface area (Å²) >= 11 is 0. The Bertz CT molecular complexity index is 608. The second-order valence-corrected chi connectivity index (χ2v) is 5.37. The lowest BCUT2D eigenvalue weighted by Crippen LogP contribution is -2.35. The Morgan fingerprint density at radius 3 is 2.41 bits per heavy atom. The second-order valence-electron chi connectivity index (χ2n) is 5.37. The molecule has 1 aliphatic rings. The maximum Gasteiger partial charge on any atom is 0.273 e. The van der Waals surface area contributed by atoms with Crippen molar-refractivity contribution in [2.75, 3.05) is 20.2 Å². The molecular formula is C17H19N2O3. The van der Waals surface area contributed by atoms with E-state index in [0.29, 0.717) is 0 Å². The highest BCUT2D eigenvalue weighted by Crippen LogP contribution is 2.32. The quantitative estimate of drug-likeness (QED) is 0.868. The Morgan fingerprint density at radius 1 is 1.09 bits per heavy atom. The number of nitrogens with zero attached hydrogens (tertiary/aromatic N) is 2. The molecule has 5 heteroatoms. The zero-order valence-electron chi connectivity index (χ0n) is 12.6. The highest BCUT2D eigenvalue weighted by Gasteiger charge is 2.24. The molecule has 0 bridgehead atoms. The Labute approximate surface area is 130 Å². The van der Waals surface area contributed by atoms with Crippen LogP contribution >= 0.6 is 0 Å². The molecule has 0 N–H and O–H groups in total. The van der Waals surface area contributed by atoms with Crippen molar-refractivity contribution >= 4 is 0 Å². The predicted octanol–water partition coefficient (Wildman–Crippen LogP) is 3.41. The topological polar surface area (TPSA) is 54.5 Å². The lowest BCUT2D eigenvalue weighted by molar-refractivity contribution is -0.0758. The van der Waals surface area contributed by atoms with Crippen LogP contribution in [-0.4, -0.2) is 30.2 Å². The first-order valence-corrected chi connectivity index (χ1v) is 7.45. The summed E-state index contributed by atoms with van der Waals surface area (Å²) in [6, 6.07) is 11.3. The third-order valence-electron chi connectivity index (χ3n) is 3.99. The van der Waals surface area contributed by atoms with Crippen molar-refractivity contribution in [2.45, 2.75) is 18.8 Å². The summed E-state index contributed by atoms with van der Waals surface area (Å²) in [4.78, 5) is 9.70. The van der Waals surface area contributed by atoms with Crippen LogP contribution in [0.2, 0.25) is 0 Å². The summed E-state index contributed by atoms with van der Waals surface area (Å²) in [7, 11) is 1.64. The van der Waals surface area contributed by atoms with Gasteiger partial charge in [0.2, 0.25) is 0 Å². The lowest BCUT2D eigenvalue weighted by Gasteiger charge is -2.31. The van der Waals surface area contributed by atoms with Gasteiger partial charge >= 0.3 is 0 Å². The average molecular weight is 299 g/mol. The van der Waals surface area contributed by atoms with Crippen molar-refractivity contribution in [1.82, 2.24) is 10.0 Å². The summed E-state index contributed by atoms with van der Waals surface area (Å²) in [5, 5.41) is 13.7. The van der Waals surface area contributed by atoms with Crippen molar-refractivity contribution in [3.8, 4) is 17.4 Å². The summed E-state index contributed by atoms with van der Waals surface area (Å²) in [6.45, 7) is 1.59. The molecule has 22 heavy (non-hydrogen) atoms. The molecule has 0 unspecified atom stereocenters. The van der Waals surface area contributed by atoms with E-state index in [2.05, 4.69) is 4.98 Å². The Balaban J connectivity index is 1.56. The molecule has 1 aromatic heterocycles. The van der Waals surface area contributed by atoms with E-state index in [-0.39, 0.29) is 11.8 Å². The van der Waals surface area contributed by atoms with Crippen LogP contribution in [-0.2, 0) is 5.11 Å². The first kappa shape index (κ1) is 14.7. The molecule has 5 nitrogen and oxygen atoms in total. The van der Waals surface area contributed by atoms with Gasteiger partial charge in [-0.3, -0.25) is 5.11 Å². The Hall–Kier alpha value is -2.27. The van der Waals surface area contributed by atoms with Crippen LogP contribution in [0.5, 0.6) is 17.4 Å². The van der Waals surface area contributed by atoms with E-state index in [9.17, 15) is 5.11 Å². The van der Waals surface area contributed by atoms with E-state index in [4.69, 9.17) is 9.57 Å². The average Bonchev–Trinajstić information content (AvgIpc) is 2.57. The third kappa shape index (κ3) is 3.31. The van der Waals surface area contributed by atoms with E-state index in [0.717, 1.165) is 43.0 Å². The number of piperidine rings is 1. The molecule has 2 heterocycles. The van der Waals surface area contributed by atoms with E-state index in [1.807, 2.05) is 41.5 Å². The molecule has 1 radical (unpaired) electrons. The Morgan fingerprint density at radius 2 is 1.77 bits per heavy atom. The molecule has 2 aromatic rings. The SMILES string of the molecule is COc1ccc(ON2CCC(c3cccnc3[O])CC2)cc1. The standard InChI is InChI=1S/C17H19N2O3/c1-21-14-4-6-15(7-5-14)22-19-11-8-13(9-12-19)16-3-2-10-18-17(16)20/h2-7,10,13H,8-9,11-12H2,1H3. The van der Waals surface area contributed by atoms with Crippen LogP contribution in [0.25, 0.3) is 0 Å². The van der Waals surface area contributed by atoms with Crippen molar-refractivity contribution < 1.29 is 14.7 Å². The maximum absolute atomic E-state index is 11.8. The van der Waals surface area contributed by atoms with E-state index in [1.165, 1.54) is 0 Å². The van der Waals surface area contributed by atoms with Gasteiger partial charge in [-0.15, -0.1) is 5.06 Å². The van der Waals surface area contributed by atoms with Gasteiger partial charge in [0, 0.05) is 24.8 Å². The molecule has 0 aliphatic carbocycles. The van der Waals surface area contributed by atoms with Gasteiger partial charge in [0.05, 0.1) is 7.11 Å². The maximum atomic E-state index is 11.8. The minimum atomic E-state index is -0.1000. The molecule has 115 valence electrons. The number of methoxy groups -OCH3 is 1. The van der Waals surface area contributed by atoms with Gasteiger partial charge in [0.25, 0.3) is 5.88 Å². The summed E-state index contributed by atoms with van der Waals surface area (Å²) < 4.78 is 5.13. The van der Waals surface area contributed by atoms with Crippen LogP contribution in [0.15, 0.2) is 42.6 Å². The number of ether oxygens (including phenoxy) is 1. The molecule has 1 aromatic carbocycles. The van der Waals surface area contributed by atoms with Crippen LogP contribution < -0.4 is 9.57 Å². The molecule has 0 spiro atoms. The summed E-state index contributed by atoms with van der Waals surface area (Å²) in [5.41, 5.74) is 0.826. The van der Waals surface area contributed by atoms with E-state index in [1.54, 1.807) is 13.3 Å². The first-order valence-electron chi connectivity index (χ1n) is 7.45. The highest BCUT2D eigenvalue weighted by atomic mass is 16.7. The second kappa shape index (κ2) is 6.66. The molecule has 1 fully saturated rings. The van der Waals surface area contributed by atoms with Crippen molar-refractivity contribution in [3.05, 3.63) is 48.2 Å². The van der Waals surface area contributed by atoms with E-state index >= 15 is 0 Å². The van der Waals surface area contributed by atoms with Crippen molar-refractivity contribution in [1.29, 1.82) is 0 Å². The van der Waals surface area contributed by atoms with E-state index < -0.39 is 0 Å². The monoisotopic (exact) mass is 299 g/mol. The largest absolute Gasteiger partial charge is 0.497 e. The fourth-order valence-electron chi connectivity index (χ4n) is 2.76. The number of pyridine rings is 1. The smallest absolute Gasteiger partial charge is 0.273 e. The highest BCUT2D eigenvalue weighted by molar-refractivity contribution is 5.31. The number of rotatable bonds is 4. The minimum Gasteiger partial charge on any atom is -0.497 e. The zero-order chi connectivity index (χ0) is 15.4. The van der Waals surface area contributed by atoms with Gasteiger partial charge in [-0.2, -0.15) is 0 Å². The van der Waals surface area contributed by atoms with Crippen LogP contribution in [0.4, 0.5) is 0 Å². The number of hydrogen-bond acceptors (Lipinski definition) is 4. The van der Waals surface area contributed by atoms with Crippen LogP contribution in [0.1, 0.15) is 24.3 Å². The molecule has 1 saturated heterocycles. The number of hydrogen-bond donors (Lipinski definition) is 0. The number of benzene rings is 1. The Kier molecular flexibility index (Phi) is 4.44. The first-order chi connectivity index (χ1) is 10.8. The molecule has 1 aliphatic heterocycles. The lowest BCUT2D eigenvalue weighted by atomic mass is 9.91. The van der Waals surface area contributed by atoms with Gasteiger partial charge in [0.1, 0.15) is 11.5 Å². The molecule has 0 amide bonds. The van der Waals surface area contributed by atoms with Crippen LogP contribution in [0.3, 0.4) is 0 Å². The van der Waals surface area contributed by atoms with Crippen LogP contribution in [0, 0.1) is 0 Å². The van der Waals surface area contributed by atoms with Gasteiger partial charge in [0.15, 0.2) is 0 Å². The predicted molar refractivity (Wildman–Crippen MR) is 81.5 cm³/mol. The van der Waals surface area contributed by atoms with Gasteiger partial charge in [-0.25, -0.2) is 4.98 Å². The molecule has 0 atom stereocenters. The number of aromatic nitrogens is 1. The molecule has 0 saturated carbocycles. The summed E-state index contributed by atoms with van der Waals surface area (Å²) in [6.07, 6.45) is 3.35. The van der Waals surface area contributed by atoms with Gasteiger partial charge in [-0.05, 0) is 49.1 Å². The molecular weight excluding hydrogens is 280 g/mol. The molecule has 3 rings (SSSR count). The third-order valence-corrected chi connectivity index (χ3v) is 3.99.